The van der Waals surface area contributed by atoms with Gasteiger partial charge in [0.05, 0.1) is 23.1 Å². The summed E-state index contributed by atoms with van der Waals surface area (Å²) in [6.07, 6.45) is 3.18. The number of esters is 1. The number of hydrogen-bond acceptors (Lipinski definition) is 4. The van der Waals surface area contributed by atoms with Gasteiger partial charge in [0.2, 0.25) is 10.0 Å². The Bertz CT molecular complexity index is 981. The van der Waals surface area contributed by atoms with Crippen molar-refractivity contribution < 1.29 is 17.9 Å². The molecule has 0 saturated carbocycles. The van der Waals surface area contributed by atoms with E-state index in [-0.39, 0.29) is 11.5 Å². The Hall–Kier alpha value is -2.44. The highest BCUT2D eigenvalue weighted by Gasteiger charge is 2.45. The predicted molar refractivity (Wildman–Crippen MR) is 113 cm³/mol. The maximum absolute atomic E-state index is 13.7. The van der Waals surface area contributed by atoms with E-state index >= 15 is 0 Å². The number of benzene rings is 2. The fourth-order valence-electron chi connectivity index (χ4n) is 3.71. The maximum Gasteiger partial charge on any atom is 0.335 e. The zero-order valence-corrected chi connectivity index (χ0v) is 17.9. The molecule has 0 fully saturated rings. The smallest absolute Gasteiger partial charge is 0.335 e. The van der Waals surface area contributed by atoms with Gasteiger partial charge in [-0.05, 0) is 38.0 Å². The molecule has 2 aromatic rings. The molecule has 0 aromatic heterocycles. The largest absolute Gasteiger partial charge is 0.463 e. The van der Waals surface area contributed by atoms with E-state index in [9.17, 15) is 13.2 Å². The summed E-state index contributed by atoms with van der Waals surface area (Å²) in [6, 6.07) is 15.0. The van der Waals surface area contributed by atoms with Crippen LogP contribution in [0.25, 0.3) is 0 Å². The molecule has 1 aliphatic heterocycles. The third kappa shape index (κ3) is 4.28. The molecule has 0 amide bonds. The molecule has 0 spiro atoms. The normalized spacial score (nSPS) is 19.8. The Kier molecular flexibility index (Phi) is 6.55. The Morgan fingerprint density at radius 3 is 2.28 bits per heavy atom. The molecule has 29 heavy (non-hydrogen) atoms. The average molecular weight is 414 g/mol. The topological polar surface area (TPSA) is 63.7 Å². The van der Waals surface area contributed by atoms with Crippen LogP contribution in [0.3, 0.4) is 0 Å². The molecule has 6 heteroatoms. The molecule has 2 aromatic carbocycles. The summed E-state index contributed by atoms with van der Waals surface area (Å²) in [4.78, 5) is 12.9. The number of sulfonamides is 1. The van der Waals surface area contributed by atoms with Gasteiger partial charge in [0.25, 0.3) is 0 Å². The Morgan fingerprint density at radius 2 is 1.69 bits per heavy atom. The Morgan fingerprint density at radius 1 is 1.03 bits per heavy atom. The van der Waals surface area contributed by atoms with E-state index in [2.05, 4.69) is 0 Å². The number of ether oxygens (including phenoxy) is 1. The van der Waals surface area contributed by atoms with Crippen LogP contribution in [0.1, 0.15) is 43.9 Å². The van der Waals surface area contributed by atoms with Gasteiger partial charge in [-0.25, -0.2) is 13.2 Å². The van der Waals surface area contributed by atoms with Crippen LogP contribution in [0, 0.1) is 6.92 Å². The summed E-state index contributed by atoms with van der Waals surface area (Å²) in [7, 11) is -3.83. The fraction of sp³-hybridized carbons (Fsp3) is 0.348. The molecule has 1 heterocycles. The monoisotopic (exact) mass is 413 g/mol. The lowest BCUT2D eigenvalue weighted by molar-refractivity contribution is -0.138. The summed E-state index contributed by atoms with van der Waals surface area (Å²) in [5, 5.41) is 0. The first kappa shape index (κ1) is 21.3. The first-order chi connectivity index (χ1) is 13.9. The van der Waals surface area contributed by atoms with Crippen molar-refractivity contribution in [3.8, 4) is 0 Å². The van der Waals surface area contributed by atoms with Gasteiger partial charge < -0.3 is 4.74 Å². The highest BCUT2D eigenvalue weighted by molar-refractivity contribution is 7.89. The van der Waals surface area contributed by atoms with E-state index < -0.39 is 28.1 Å². The minimum absolute atomic E-state index is 0.226. The first-order valence-corrected chi connectivity index (χ1v) is 11.4. The van der Waals surface area contributed by atoms with Crippen molar-refractivity contribution in [2.75, 3.05) is 6.61 Å². The van der Waals surface area contributed by atoms with Crippen LogP contribution in [-0.4, -0.2) is 31.3 Å². The van der Waals surface area contributed by atoms with Crippen LogP contribution in [0.4, 0.5) is 0 Å². The number of hydrogen-bond donors (Lipinski definition) is 0. The van der Waals surface area contributed by atoms with Gasteiger partial charge in [0.1, 0.15) is 0 Å². The third-order valence-corrected chi connectivity index (χ3v) is 6.96. The molecule has 5 nitrogen and oxygen atoms in total. The molecule has 2 atom stereocenters. The lowest BCUT2D eigenvalue weighted by Gasteiger charge is -2.31. The maximum atomic E-state index is 13.7. The summed E-state index contributed by atoms with van der Waals surface area (Å²) < 4.78 is 34.1. The summed E-state index contributed by atoms with van der Waals surface area (Å²) in [6.45, 7) is 5.90. The predicted octanol–water partition coefficient (Wildman–Crippen LogP) is 4.40. The SMILES string of the molecule is CCC[C@@H]1C=C(C(=O)OCC)[C@H](c2ccccc2)N1S(=O)(=O)c1ccc(C)cc1. The number of carbonyl (C=O) groups is 1. The number of carbonyl (C=O) groups excluding carboxylic acids is 1. The molecule has 0 unspecified atom stereocenters. The van der Waals surface area contributed by atoms with Gasteiger partial charge in [-0.2, -0.15) is 4.31 Å². The number of aryl methyl sites for hydroxylation is 1. The van der Waals surface area contributed by atoms with Crippen LogP contribution in [0.15, 0.2) is 71.1 Å². The Labute approximate surface area is 173 Å². The second-order valence-electron chi connectivity index (χ2n) is 7.16. The quantitative estimate of drug-likeness (QED) is 0.631. The van der Waals surface area contributed by atoms with E-state index in [0.29, 0.717) is 12.0 Å². The van der Waals surface area contributed by atoms with Crippen molar-refractivity contribution in [1.82, 2.24) is 4.31 Å². The molecular formula is C23H27NO4S. The van der Waals surface area contributed by atoms with Crippen LogP contribution >= 0.6 is 0 Å². The molecular weight excluding hydrogens is 386 g/mol. The molecule has 0 saturated heterocycles. The molecule has 0 bridgehead atoms. The van der Waals surface area contributed by atoms with E-state index in [1.165, 1.54) is 4.31 Å². The first-order valence-electron chi connectivity index (χ1n) is 9.94. The van der Waals surface area contributed by atoms with Gasteiger partial charge in [0, 0.05) is 6.04 Å². The summed E-state index contributed by atoms with van der Waals surface area (Å²) >= 11 is 0. The van der Waals surface area contributed by atoms with Gasteiger partial charge in [0.15, 0.2) is 0 Å². The molecule has 154 valence electrons. The van der Waals surface area contributed by atoms with Gasteiger partial charge in [-0.1, -0.05) is 67.4 Å². The molecule has 0 radical (unpaired) electrons. The molecule has 0 N–H and O–H groups in total. The van der Waals surface area contributed by atoms with Crippen molar-refractivity contribution in [1.29, 1.82) is 0 Å². The van der Waals surface area contributed by atoms with Crippen LogP contribution in [-0.2, 0) is 19.6 Å². The van der Waals surface area contributed by atoms with Gasteiger partial charge in [-0.3, -0.25) is 0 Å². The highest BCUT2D eigenvalue weighted by atomic mass is 32.2. The number of nitrogens with zero attached hydrogens (tertiary/aromatic N) is 1. The van der Waals surface area contributed by atoms with Crippen molar-refractivity contribution in [3.63, 3.8) is 0 Å². The van der Waals surface area contributed by atoms with E-state index in [4.69, 9.17) is 4.74 Å². The number of rotatable bonds is 7. The van der Waals surface area contributed by atoms with Gasteiger partial charge >= 0.3 is 5.97 Å². The lowest BCUT2D eigenvalue weighted by atomic mass is 10.0. The molecule has 3 rings (SSSR count). The lowest BCUT2D eigenvalue weighted by Crippen LogP contribution is -2.39. The highest BCUT2D eigenvalue weighted by Crippen LogP contribution is 2.42. The van der Waals surface area contributed by atoms with Crippen molar-refractivity contribution in [2.24, 2.45) is 0 Å². The minimum atomic E-state index is -3.83. The van der Waals surface area contributed by atoms with E-state index in [0.717, 1.165) is 17.5 Å². The second kappa shape index (κ2) is 8.93. The summed E-state index contributed by atoms with van der Waals surface area (Å²) in [5.74, 6) is -0.468. The van der Waals surface area contributed by atoms with Crippen molar-refractivity contribution >= 4 is 16.0 Å². The van der Waals surface area contributed by atoms with E-state index in [1.54, 1.807) is 37.3 Å². The zero-order chi connectivity index (χ0) is 21.0. The van der Waals surface area contributed by atoms with Crippen LogP contribution in [0.2, 0.25) is 0 Å². The second-order valence-corrected chi connectivity index (χ2v) is 9.00. The average Bonchev–Trinajstić information content (AvgIpc) is 3.10. The van der Waals surface area contributed by atoms with E-state index in [1.807, 2.05) is 44.2 Å². The standard InChI is InChI=1S/C23H27NO4S/c1-4-9-19-16-21(23(25)28-5-2)22(18-10-7-6-8-11-18)24(19)29(26,27)20-14-12-17(3)13-15-20/h6-8,10-16,19,22H,4-5,9H2,1-3H3/t19-,22+/m1/s1. The van der Waals surface area contributed by atoms with Gasteiger partial charge in [-0.15, -0.1) is 0 Å². The van der Waals surface area contributed by atoms with Crippen LogP contribution in [0.5, 0.6) is 0 Å². The minimum Gasteiger partial charge on any atom is -0.463 e. The van der Waals surface area contributed by atoms with Crippen molar-refractivity contribution in [2.45, 2.75) is 50.6 Å². The van der Waals surface area contributed by atoms with Crippen molar-refractivity contribution in [3.05, 3.63) is 77.4 Å². The fourth-order valence-corrected chi connectivity index (χ4v) is 5.47. The third-order valence-electron chi connectivity index (χ3n) is 5.06. The molecule has 0 aliphatic carbocycles. The molecule has 1 aliphatic rings. The van der Waals surface area contributed by atoms with Crippen LogP contribution < -0.4 is 0 Å². The zero-order valence-electron chi connectivity index (χ0n) is 17.0. The summed E-state index contributed by atoms with van der Waals surface area (Å²) in [5.41, 5.74) is 2.12. The Balaban J connectivity index is 2.15.